The molecule has 1 fully saturated rings. The third kappa shape index (κ3) is 3.54. The molecule has 0 amide bonds. The monoisotopic (exact) mass is 381 g/mol. The number of thiazole rings is 1. The maximum Gasteiger partial charge on any atom is 0.0964 e. The Balaban J connectivity index is 1.80. The molecule has 21 heavy (non-hydrogen) atoms. The van der Waals surface area contributed by atoms with E-state index >= 15 is 0 Å². The van der Waals surface area contributed by atoms with Gasteiger partial charge in [0.2, 0.25) is 0 Å². The summed E-state index contributed by atoms with van der Waals surface area (Å²) in [5.74, 6) is 1.91. The van der Waals surface area contributed by atoms with E-state index in [1.807, 2.05) is 11.3 Å². The van der Waals surface area contributed by atoms with E-state index in [0.717, 1.165) is 10.2 Å². The first-order valence-electron chi connectivity index (χ1n) is 7.45. The van der Waals surface area contributed by atoms with Crippen LogP contribution in [0.4, 0.5) is 0 Å². The molecule has 0 bridgehead atoms. The summed E-state index contributed by atoms with van der Waals surface area (Å²) in [5.41, 5.74) is 2.34. The summed E-state index contributed by atoms with van der Waals surface area (Å²) in [6.45, 7) is 4.72. The highest BCUT2D eigenvalue weighted by molar-refractivity contribution is 9.10. The smallest absolute Gasteiger partial charge is 0.0964 e. The number of halogens is 1. The zero-order chi connectivity index (χ0) is 14.9. The second kappa shape index (κ2) is 6.43. The fourth-order valence-corrected chi connectivity index (χ4v) is 5.46. The van der Waals surface area contributed by atoms with Crippen molar-refractivity contribution in [3.63, 3.8) is 0 Å². The van der Waals surface area contributed by atoms with Gasteiger partial charge in [-0.3, -0.25) is 0 Å². The first-order chi connectivity index (χ1) is 10.1. The standard InChI is InChI=1S/C17H20BrNS2/c1-3-17(2)10-13(8-9-21-17)16-19-15(11-20-16)12-4-6-14(18)7-5-12/h4-7,11,13H,3,8-10H2,1-2H3/t13-,17+/m1/s1. The molecule has 0 saturated carbocycles. The summed E-state index contributed by atoms with van der Waals surface area (Å²) in [5, 5.41) is 3.54. The van der Waals surface area contributed by atoms with E-state index < -0.39 is 0 Å². The Morgan fingerprint density at radius 3 is 2.81 bits per heavy atom. The molecule has 0 spiro atoms. The van der Waals surface area contributed by atoms with Crippen LogP contribution in [0.25, 0.3) is 11.3 Å². The average Bonchev–Trinajstić information content (AvgIpc) is 2.98. The Morgan fingerprint density at radius 1 is 1.33 bits per heavy atom. The van der Waals surface area contributed by atoms with E-state index in [9.17, 15) is 0 Å². The first-order valence-corrected chi connectivity index (χ1v) is 10.1. The van der Waals surface area contributed by atoms with Crippen molar-refractivity contribution in [2.75, 3.05) is 5.75 Å². The van der Waals surface area contributed by atoms with Crippen LogP contribution in [-0.2, 0) is 0 Å². The van der Waals surface area contributed by atoms with E-state index in [-0.39, 0.29) is 0 Å². The van der Waals surface area contributed by atoms with E-state index in [2.05, 4.69) is 71.2 Å². The van der Waals surface area contributed by atoms with Crippen molar-refractivity contribution in [3.05, 3.63) is 39.1 Å². The van der Waals surface area contributed by atoms with Crippen LogP contribution in [0.5, 0.6) is 0 Å². The van der Waals surface area contributed by atoms with Crippen LogP contribution in [-0.4, -0.2) is 15.5 Å². The molecule has 0 unspecified atom stereocenters. The molecule has 1 aliphatic heterocycles. The molecule has 4 heteroatoms. The second-order valence-electron chi connectivity index (χ2n) is 5.92. The van der Waals surface area contributed by atoms with Gasteiger partial charge in [0.05, 0.1) is 10.7 Å². The van der Waals surface area contributed by atoms with Crippen molar-refractivity contribution >= 4 is 39.0 Å². The fourth-order valence-electron chi connectivity index (χ4n) is 2.82. The number of nitrogens with zero attached hydrogens (tertiary/aromatic N) is 1. The molecule has 2 atom stereocenters. The van der Waals surface area contributed by atoms with Crippen LogP contribution in [0, 0.1) is 0 Å². The van der Waals surface area contributed by atoms with Crippen LogP contribution in [0.3, 0.4) is 0 Å². The summed E-state index contributed by atoms with van der Waals surface area (Å²) >= 11 is 7.46. The van der Waals surface area contributed by atoms with Gasteiger partial charge in [0.1, 0.15) is 0 Å². The first kappa shape index (κ1) is 15.6. The zero-order valence-electron chi connectivity index (χ0n) is 12.4. The van der Waals surface area contributed by atoms with Crippen molar-refractivity contribution in [3.8, 4) is 11.3 Å². The minimum Gasteiger partial charge on any atom is -0.241 e. The van der Waals surface area contributed by atoms with E-state index in [1.54, 1.807) is 0 Å². The van der Waals surface area contributed by atoms with Gasteiger partial charge in [0, 0.05) is 26.1 Å². The maximum atomic E-state index is 4.93. The Hall–Kier alpha value is -0.320. The highest BCUT2D eigenvalue weighted by Gasteiger charge is 2.33. The van der Waals surface area contributed by atoms with Gasteiger partial charge in [-0.15, -0.1) is 11.3 Å². The molecule has 2 aromatic rings. The lowest BCUT2D eigenvalue weighted by Crippen LogP contribution is -2.27. The Bertz CT molecular complexity index is 608. The largest absolute Gasteiger partial charge is 0.241 e. The zero-order valence-corrected chi connectivity index (χ0v) is 15.7. The van der Waals surface area contributed by atoms with Gasteiger partial charge in [-0.25, -0.2) is 4.98 Å². The minimum atomic E-state index is 0.437. The van der Waals surface area contributed by atoms with Crippen molar-refractivity contribution in [1.29, 1.82) is 0 Å². The van der Waals surface area contributed by atoms with Crippen LogP contribution in [0.1, 0.15) is 44.0 Å². The van der Waals surface area contributed by atoms with E-state index in [1.165, 1.54) is 35.6 Å². The summed E-state index contributed by atoms with van der Waals surface area (Å²) in [4.78, 5) is 4.93. The maximum absolute atomic E-state index is 4.93. The molecule has 1 aromatic heterocycles. The van der Waals surface area contributed by atoms with Crippen LogP contribution in [0.15, 0.2) is 34.1 Å². The number of rotatable bonds is 3. The van der Waals surface area contributed by atoms with E-state index in [4.69, 9.17) is 4.98 Å². The molecule has 112 valence electrons. The Labute approximate surface area is 143 Å². The molecule has 2 heterocycles. The van der Waals surface area contributed by atoms with Gasteiger partial charge in [-0.2, -0.15) is 11.8 Å². The van der Waals surface area contributed by atoms with Crippen molar-refractivity contribution in [2.45, 2.75) is 43.8 Å². The van der Waals surface area contributed by atoms with Gasteiger partial charge in [-0.05, 0) is 37.1 Å². The van der Waals surface area contributed by atoms with Crippen LogP contribution in [0.2, 0.25) is 0 Å². The molecule has 1 aromatic carbocycles. The fraction of sp³-hybridized carbons (Fsp3) is 0.471. The lowest BCUT2D eigenvalue weighted by Gasteiger charge is -2.36. The molecular weight excluding hydrogens is 362 g/mol. The number of hydrogen-bond donors (Lipinski definition) is 0. The van der Waals surface area contributed by atoms with Crippen molar-refractivity contribution < 1.29 is 0 Å². The summed E-state index contributed by atoms with van der Waals surface area (Å²) in [6, 6.07) is 8.44. The Kier molecular flexibility index (Phi) is 4.77. The quantitative estimate of drug-likeness (QED) is 0.613. The lowest BCUT2D eigenvalue weighted by atomic mass is 9.91. The van der Waals surface area contributed by atoms with Crippen molar-refractivity contribution in [2.24, 2.45) is 0 Å². The summed E-state index contributed by atoms with van der Waals surface area (Å²) in [7, 11) is 0. The minimum absolute atomic E-state index is 0.437. The summed E-state index contributed by atoms with van der Waals surface area (Å²) < 4.78 is 1.55. The second-order valence-corrected chi connectivity index (χ2v) is 9.41. The summed E-state index contributed by atoms with van der Waals surface area (Å²) in [6.07, 6.45) is 3.79. The van der Waals surface area contributed by atoms with Gasteiger partial charge >= 0.3 is 0 Å². The number of benzene rings is 1. The predicted octanol–water partition coefficient (Wildman–Crippen LogP) is 6.35. The topological polar surface area (TPSA) is 12.9 Å². The van der Waals surface area contributed by atoms with Gasteiger partial charge in [-0.1, -0.05) is 41.9 Å². The SMILES string of the molecule is CC[C@@]1(C)C[C@H](c2nc(-c3ccc(Br)cc3)cs2)CCS1. The highest BCUT2D eigenvalue weighted by atomic mass is 79.9. The third-order valence-corrected chi connectivity index (χ3v) is 7.48. The Morgan fingerprint density at radius 2 is 2.10 bits per heavy atom. The van der Waals surface area contributed by atoms with Gasteiger partial charge in [0.15, 0.2) is 0 Å². The number of aromatic nitrogens is 1. The van der Waals surface area contributed by atoms with Crippen LogP contribution >= 0.6 is 39.0 Å². The third-order valence-electron chi connectivity index (χ3n) is 4.35. The van der Waals surface area contributed by atoms with Gasteiger partial charge in [0.25, 0.3) is 0 Å². The number of hydrogen-bond acceptors (Lipinski definition) is 3. The molecule has 0 aliphatic carbocycles. The molecule has 0 N–H and O–H groups in total. The lowest BCUT2D eigenvalue weighted by molar-refractivity contribution is 0.468. The van der Waals surface area contributed by atoms with Crippen LogP contribution < -0.4 is 0 Å². The molecule has 0 radical (unpaired) electrons. The highest BCUT2D eigenvalue weighted by Crippen LogP contribution is 2.46. The molecule has 1 nitrogen and oxygen atoms in total. The molecule has 1 aliphatic rings. The molecule has 3 rings (SSSR count). The predicted molar refractivity (Wildman–Crippen MR) is 98.4 cm³/mol. The van der Waals surface area contributed by atoms with Gasteiger partial charge < -0.3 is 0 Å². The molecule has 1 saturated heterocycles. The average molecular weight is 382 g/mol. The normalized spacial score (nSPS) is 26.0. The molecular formula is C17H20BrNS2. The number of thioether (sulfide) groups is 1. The van der Waals surface area contributed by atoms with E-state index in [0.29, 0.717) is 10.7 Å². The van der Waals surface area contributed by atoms with Crippen molar-refractivity contribution in [1.82, 2.24) is 4.98 Å².